The highest BCUT2D eigenvalue weighted by molar-refractivity contribution is 5.56. The van der Waals surface area contributed by atoms with Gasteiger partial charge in [0.05, 0.1) is 4.92 Å². The average Bonchev–Trinajstić information content (AvgIpc) is 2.86. The Balaban J connectivity index is 1.68. The highest BCUT2D eigenvalue weighted by Gasteiger charge is 2.30. The van der Waals surface area contributed by atoms with E-state index in [1.165, 1.54) is 32.1 Å². The maximum atomic E-state index is 11.0. The summed E-state index contributed by atoms with van der Waals surface area (Å²) < 4.78 is 5.05. The Kier molecular flexibility index (Phi) is 3.94. The third-order valence-corrected chi connectivity index (χ3v) is 4.80. The summed E-state index contributed by atoms with van der Waals surface area (Å²) in [5.41, 5.74) is 0.296. The van der Waals surface area contributed by atoms with E-state index >= 15 is 0 Å². The third kappa shape index (κ3) is 2.94. The van der Waals surface area contributed by atoms with E-state index in [1.807, 2.05) is 6.20 Å². The summed E-state index contributed by atoms with van der Waals surface area (Å²) in [5, 5.41) is 14.7. The fraction of sp³-hybridized carbons (Fsp3) is 0.667. The molecule has 2 aliphatic rings. The molecule has 2 atom stereocenters. The molecule has 1 aromatic rings. The minimum absolute atomic E-state index is 0.0289. The van der Waals surface area contributed by atoms with Gasteiger partial charge in [-0.25, -0.2) is 0 Å². The van der Waals surface area contributed by atoms with Crippen LogP contribution in [-0.2, 0) is 0 Å². The fourth-order valence-electron chi connectivity index (χ4n) is 3.65. The van der Waals surface area contributed by atoms with Crippen LogP contribution < -0.4 is 0 Å². The number of nitrogens with zero attached hydrogens (tertiary/aromatic N) is 3. The molecule has 1 saturated heterocycles. The molecular formula is C15H21N3O3. The second-order valence-electron chi connectivity index (χ2n) is 6.14. The molecule has 0 amide bonds. The molecular weight excluding hydrogens is 270 g/mol. The largest absolute Gasteiger partial charge is 0.377 e. The predicted octanol–water partition coefficient (Wildman–Crippen LogP) is 3.37. The van der Waals surface area contributed by atoms with Gasteiger partial charge < -0.3 is 9.42 Å². The monoisotopic (exact) mass is 291 g/mol. The summed E-state index contributed by atoms with van der Waals surface area (Å²) in [6.45, 7) is 3.67. The molecule has 6 nitrogen and oxygen atoms in total. The molecule has 1 aliphatic carbocycles. The SMILES string of the molecule is Cc1noc(/C=C/N2CC[C@H]3CCCC[C@@H]3C2)c1[N+](=O)[O-]. The number of fused-ring (bicyclic) bond motifs is 1. The van der Waals surface area contributed by atoms with E-state index < -0.39 is 4.92 Å². The molecule has 6 heteroatoms. The first-order valence-corrected chi connectivity index (χ1v) is 7.68. The molecule has 1 aromatic heterocycles. The summed E-state index contributed by atoms with van der Waals surface area (Å²) in [6.07, 6.45) is 10.2. The van der Waals surface area contributed by atoms with Crippen LogP contribution in [0, 0.1) is 28.9 Å². The van der Waals surface area contributed by atoms with Crippen molar-refractivity contribution in [3.05, 3.63) is 27.8 Å². The van der Waals surface area contributed by atoms with Gasteiger partial charge in [0.15, 0.2) is 5.69 Å². The van der Waals surface area contributed by atoms with Crippen LogP contribution >= 0.6 is 0 Å². The van der Waals surface area contributed by atoms with Crippen LogP contribution in [0.2, 0.25) is 0 Å². The normalized spacial score (nSPS) is 26.0. The Morgan fingerprint density at radius 3 is 2.86 bits per heavy atom. The van der Waals surface area contributed by atoms with Crippen molar-refractivity contribution in [2.45, 2.75) is 39.0 Å². The Bertz CT molecular complexity index is 552. The van der Waals surface area contributed by atoms with Crippen molar-refractivity contribution in [2.24, 2.45) is 11.8 Å². The Morgan fingerprint density at radius 2 is 2.10 bits per heavy atom. The topological polar surface area (TPSA) is 72.4 Å². The molecule has 0 aromatic carbocycles. The van der Waals surface area contributed by atoms with Crippen LogP contribution in [0.5, 0.6) is 0 Å². The van der Waals surface area contributed by atoms with Crippen molar-refractivity contribution < 1.29 is 9.45 Å². The van der Waals surface area contributed by atoms with Gasteiger partial charge in [-0.3, -0.25) is 10.1 Å². The lowest BCUT2D eigenvalue weighted by molar-refractivity contribution is -0.386. The van der Waals surface area contributed by atoms with Gasteiger partial charge in [-0.15, -0.1) is 0 Å². The zero-order valence-electron chi connectivity index (χ0n) is 12.3. The first-order valence-electron chi connectivity index (χ1n) is 7.68. The van der Waals surface area contributed by atoms with E-state index in [-0.39, 0.29) is 11.4 Å². The predicted molar refractivity (Wildman–Crippen MR) is 78.6 cm³/mol. The fourth-order valence-corrected chi connectivity index (χ4v) is 3.65. The maximum absolute atomic E-state index is 11.0. The lowest BCUT2D eigenvalue weighted by Gasteiger charge is -2.40. The zero-order valence-corrected chi connectivity index (χ0v) is 12.3. The molecule has 2 fully saturated rings. The van der Waals surface area contributed by atoms with Gasteiger partial charge in [-0.05, 0) is 31.6 Å². The summed E-state index contributed by atoms with van der Waals surface area (Å²) >= 11 is 0. The lowest BCUT2D eigenvalue weighted by atomic mass is 9.75. The molecule has 0 bridgehead atoms. The minimum atomic E-state index is -0.432. The van der Waals surface area contributed by atoms with Crippen LogP contribution in [0.1, 0.15) is 43.6 Å². The number of hydrogen-bond donors (Lipinski definition) is 0. The number of piperidine rings is 1. The highest BCUT2D eigenvalue weighted by atomic mass is 16.6. The van der Waals surface area contributed by atoms with Crippen LogP contribution in [0.3, 0.4) is 0 Å². The van der Waals surface area contributed by atoms with Crippen molar-refractivity contribution in [1.29, 1.82) is 0 Å². The van der Waals surface area contributed by atoms with Crippen molar-refractivity contribution in [1.82, 2.24) is 10.1 Å². The van der Waals surface area contributed by atoms with Gasteiger partial charge in [-0.1, -0.05) is 24.4 Å². The second kappa shape index (κ2) is 5.87. The number of rotatable bonds is 3. The van der Waals surface area contributed by atoms with Gasteiger partial charge in [0.2, 0.25) is 5.76 Å². The van der Waals surface area contributed by atoms with Crippen LogP contribution in [-0.4, -0.2) is 28.1 Å². The van der Waals surface area contributed by atoms with Crippen molar-refractivity contribution in [2.75, 3.05) is 13.1 Å². The van der Waals surface area contributed by atoms with E-state index in [0.717, 1.165) is 24.9 Å². The molecule has 2 heterocycles. The third-order valence-electron chi connectivity index (χ3n) is 4.80. The Hall–Kier alpha value is -1.85. The number of aryl methyl sites for hydroxylation is 1. The van der Waals surface area contributed by atoms with E-state index in [0.29, 0.717) is 5.69 Å². The number of nitro groups is 1. The van der Waals surface area contributed by atoms with Gasteiger partial charge >= 0.3 is 5.69 Å². The molecule has 0 radical (unpaired) electrons. The van der Waals surface area contributed by atoms with E-state index in [1.54, 1.807) is 13.0 Å². The van der Waals surface area contributed by atoms with E-state index in [9.17, 15) is 10.1 Å². The van der Waals surface area contributed by atoms with Crippen LogP contribution in [0.25, 0.3) is 6.08 Å². The molecule has 0 unspecified atom stereocenters. The van der Waals surface area contributed by atoms with Crippen molar-refractivity contribution in [3.8, 4) is 0 Å². The van der Waals surface area contributed by atoms with Gasteiger partial charge in [0, 0.05) is 25.4 Å². The second-order valence-corrected chi connectivity index (χ2v) is 6.14. The summed E-state index contributed by atoms with van der Waals surface area (Å²) in [7, 11) is 0. The number of likely N-dealkylation sites (tertiary alicyclic amines) is 1. The average molecular weight is 291 g/mol. The van der Waals surface area contributed by atoms with E-state index in [4.69, 9.17) is 4.52 Å². The first-order chi connectivity index (χ1) is 10.1. The van der Waals surface area contributed by atoms with Crippen molar-refractivity contribution >= 4 is 11.8 Å². The number of hydrogen-bond acceptors (Lipinski definition) is 5. The maximum Gasteiger partial charge on any atom is 0.338 e. The Labute approximate surface area is 123 Å². The molecule has 0 N–H and O–H groups in total. The first kappa shape index (κ1) is 14.1. The van der Waals surface area contributed by atoms with Gasteiger partial charge in [-0.2, -0.15) is 0 Å². The van der Waals surface area contributed by atoms with E-state index in [2.05, 4.69) is 10.1 Å². The lowest BCUT2D eigenvalue weighted by Crippen LogP contribution is -2.38. The molecule has 0 spiro atoms. The molecule has 3 rings (SSSR count). The standard InChI is InChI=1S/C15H21N3O3/c1-11-15(18(19)20)14(21-16-11)7-9-17-8-6-12-4-2-3-5-13(12)10-17/h7,9,12-13H,2-6,8,10H2,1H3/b9-7+/t12-,13-/m1/s1. The summed E-state index contributed by atoms with van der Waals surface area (Å²) in [4.78, 5) is 12.8. The van der Waals surface area contributed by atoms with Gasteiger partial charge in [0.1, 0.15) is 0 Å². The van der Waals surface area contributed by atoms with Crippen molar-refractivity contribution in [3.63, 3.8) is 0 Å². The zero-order chi connectivity index (χ0) is 14.8. The molecule has 1 saturated carbocycles. The molecule has 1 aliphatic heterocycles. The quantitative estimate of drug-likeness (QED) is 0.630. The van der Waals surface area contributed by atoms with Crippen LogP contribution in [0.4, 0.5) is 5.69 Å². The molecule has 21 heavy (non-hydrogen) atoms. The number of aromatic nitrogens is 1. The molecule has 114 valence electrons. The highest BCUT2D eigenvalue weighted by Crippen LogP contribution is 2.36. The van der Waals surface area contributed by atoms with Crippen LogP contribution in [0.15, 0.2) is 10.7 Å². The summed E-state index contributed by atoms with van der Waals surface area (Å²) in [6, 6.07) is 0. The minimum Gasteiger partial charge on any atom is -0.377 e. The summed E-state index contributed by atoms with van der Waals surface area (Å²) in [5.74, 6) is 1.90. The smallest absolute Gasteiger partial charge is 0.338 e. The Morgan fingerprint density at radius 1 is 1.33 bits per heavy atom. The van der Waals surface area contributed by atoms with Gasteiger partial charge in [0.25, 0.3) is 0 Å².